The smallest absolute Gasteiger partial charge is 0.323 e. The van der Waals surface area contributed by atoms with Gasteiger partial charge in [0.1, 0.15) is 12.6 Å². The molecule has 1 saturated heterocycles. The van der Waals surface area contributed by atoms with Crippen LogP contribution in [0.25, 0.3) is 0 Å². The number of nitrogens with one attached hydrogen (secondary N) is 2. The number of carboxylic acid groups (broad SMARTS) is 1. The lowest BCUT2D eigenvalue weighted by molar-refractivity contribution is -0.146. The van der Waals surface area contributed by atoms with E-state index in [9.17, 15) is 19.5 Å². The Hall–Kier alpha value is -4.13. The predicted molar refractivity (Wildman–Crippen MR) is 139 cm³/mol. The largest absolute Gasteiger partial charge is 0.480 e. The fourth-order valence-corrected chi connectivity index (χ4v) is 5.02. The third-order valence-corrected chi connectivity index (χ3v) is 6.68. The molecule has 186 valence electrons. The van der Waals surface area contributed by atoms with Crippen molar-refractivity contribution in [3.63, 3.8) is 0 Å². The molecule has 0 aromatic heterocycles. The first-order valence-corrected chi connectivity index (χ1v) is 12.1. The zero-order valence-electron chi connectivity index (χ0n) is 20.5. The molecule has 3 amide bonds. The number of carbonyl (C=O) groups excluding carboxylic acids is 2. The van der Waals surface area contributed by atoms with Gasteiger partial charge in [-0.05, 0) is 67.0 Å². The molecule has 0 bridgehead atoms. The summed E-state index contributed by atoms with van der Waals surface area (Å²) in [6.07, 6.45) is 0.913. The van der Waals surface area contributed by atoms with E-state index in [1.807, 2.05) is 86.6 Å². The number of urea groups is 1. The van der Waals surface area contributed by atoms with Crippen molar-refractivity contribution >= 4 is 23.6 Å². The number of likely N-dealkylation sites (tertiary alicyclic amines) is 1. The molecule has 3 aromatic carbocycles. The maximum absolute atomic E-state index is 13.8. The molecular formula is C29H31N3O4. The van der Waals surface area contributed by atoms with Crippen LogP contribution in [-0.2, 0) is 9.59 Å². The minimum Gasteiger partial charge on any atom is -0.480 e. The summed E-state index contributed by atoms with van der Waals surface area (Å²) in [7, 11) is 0. The number of anilines is 1. The van der Waals surface area contributed by atoms with Gasteiger partial charge < -0.3 is 20.6 Å². The summed E-state index contributed by atoms with van der Waals surface area (Å²) in [5, 5.41) is 15.3. The van der Waals surface area contributed by atoms with Crippen LogP contribution in [0.4, 0.5) is 10.5 Å². The third kappa shape index (κ3) is 5.92. The molecule has 7 nitrogen and oxygen atoms in total. The molecule has 3 unspecified atom stereocenters. The standard InChI is InChI=1S/C29H31N3O4/c1-19-9-8-13-23(15-19)30-29(36)31-25-16-22(24-14-7-6-10-20(24)2)17-26(21-11-4-3-5-12-21)32(28(25)35)18-27(33)34/h3-15,22,25-26H,16-18H2,1-2H3,(H,33,34)(H2,30,31,36). The Labute approximate surface area is 211 Å². The minimum absolute atomic E-state index is 0.0663. The van der Waals surface area contributed by atoms with Crippen LogP contribution in [0.1, 0.15) is 47.1 Å². The lowest BCUT2D eigenvalue weighted by Gasteiger charge is -2.31. The number of amides is 3. The normalized spacial score (nSPS) is 19.9. The molecule has 1 fully saturated rings. The first kappa shape index (κ1) is 25.0. The second-order valence-corrected chi connectivity index (χ2v) is 9.33. The Balaban J connectivity index is 1.69. The fourth-order valence-electron chi connectivity index (χ4n) is 5.02. The number of carbonyl (C=O) groups is 3. The molecular weight excluding hydrogens is 454 g/mol. The van der Waals surface area contributed by atoms with Gasteiger partial charge in [-0.1, -0.05) is 66.7 Å². The summed E-state index contributed by atoms with van der Waals surface area (Å²) < 4.78 is 0. The van der Waals surface area contributed by atoms with E-state index in [-0.39, 0.29) is 5.92 Å². The Morgan fingerprint density at radius 2 is 1.67 bits per heavy atom. The number of aliphatic carboxylic acids is 1. The quantitative estimate of drug-likeness (QED) is 0.456. The highest BCUT2D eigenvalue weighted by molar-refractivity contribution is 5.94. The van der Waals surface area contributed by atoms with Gasteiger partial charge in [-0.25, -0.2) is 4.79 Å². The molecule has 36 heavy (non-hydrogen) atoms. The highest BCUT2D eigenvalue weighted by Crippen LogP contribution is 2.40. The highest BCUT2D eigenvalue weighted by Gasteiger charge is 2.40. The van der Waals surface area contributed by atoms with Crippen LogP contribution in [0.5, 0.6) is 0 Å². The molecule has 3 aromatic rings. The number of rotatable bonds is 6. The van der Waals surface area contributed by atoms with Gasteiger partial charge >= 0.3 is 12.0 Å². The molecule has 0 saturated carbocycles. The van der Waals surface area contributed by atoms with E-state index in [1.165, 1.54) is 4.90 Å². The van der Waals surface area contributed by atoms with Crippen molar-refractivity contribution in [2.45, 2.75) is 44.7 Å². The monoisotopic (exact) mass is 485 g/mol. The summed E-state index contributed by atoms with van der Waals surface area (Å²) in [5.74, 6) is -1.56. The van der Waals surface area contributed by atoms with E-state index in [1.54, 1.807) is 6.07 Å². The molecule has 0 aliphatic carbocycles. The van der Waals surface area contributed by atoms with Crippen molar-refractivity contribution in [2.24, 2.45) is 0 Å². The molecule has 4 rings (SSSR count). The van der Waals surface area contributed by atoms with Crippen LogP contribution in [0.15, 0.2) is 78.9 Å². The van der Waals surface area contributed by atoms with Crippen molar-refractivity contribution in [3.05, 3.63) is 101 Å². The van der Waals surface area contributed by atoms with Gasteiger partial charge in [-0.3, -0.25) is 9.59 Å². The van der Waals surface area contributed by atoms with Gasteiger partial charge in [0, 0.05) is 5.69 Å². The number of nitrogens with zero attached hydrogens (tertiary/aromatic N) is 1. The summed E-state index contributed by atoms with van der Waals surface area (Å²) in [6, 6.07) is 23.1. The maximum Gasteiger partial charge on any atom is 0.323 e. The SMILES string of the molecule is Cc1cccc(NC(=O)NC2CC(c3ccccc3C)CC(c3ccccc3)N(CC(=O)O)C2=O)c1. The average Bonchev–Trinajstić information content (AvgIpc) is 2.97. The van der Waals surface area contributed by atoms with Crippen LogP contribution in [0.2, 0.25) is 0 Å². The second kappa shape index (κ2) is 11.1. The van der Waals surface area contributed by atoms with E-state index in [4.69, 9.17) is 0 Å². The summed E-state index contributed by atoms with van der Waals surface area (Å²) in [5.41, 5.74) is 4.67. The predicted octanol–water partition coefficient (Wildman–Crippen LogP) is 5.03. The van der Waals surface area contributed by atoms with Crippen LogP contribution in [-0.4, -0.2) is 40.5 Å². The Morgan fingerprint density at radius 1 is 0.944 bits per heavy atom. The van der Waals surface area contributed by atoms with Crippen LogP contribution >= 0.6 is 0 Å². The number of carboxylic acids is 1. The number of benzene rings is 3. The molecule has 7 heteroatoms. The van der Waals surface area contributed by atoms with Gasteiger partial charge in [0.05, 0.1) is 6.04 Å². The van der Waals surface area contributed by atoms with Crippen molar-refractivity contribution < 1.29 is 19.5 Å². The summed E-state index contributed by atoms with van der Waals surface area (Å²) in [4.78, 5) is 39.9. The van der Waals surface area contributed by atoms with Gasteiger partial charge in [0.25, 0.3) is 0 Å². The van der Waals surface area contributed by atoms with Gasteiger partial charge in [-0.15, -0.1) is 0 Å². The van der Waals surface area contributed by atoms with E-state index in [0.717, 1.165) is 22.3 Å². The molecule has 0 spiro atoms. The molecule has 3 N–H and O–H groups in total. The summed E-state index contributed by atoms with van der Waals surface area (Å²) >= 11 is 0. The van der Waals surface area contributed by atoms with Crippen molar-refractivity contribution in [1.29, 1.82) is 0 Å². The molecule has 1 heterocycles. The van der Waals surface area contributed by atoms with E-state index in [0.29, 0.717) is 18.5 Å². The average molecular weight is 486 g/mol. The zero-order chi connectivity index (χ0) is 25.7. The minimum atomic E-state index is -1.10. The lowest BCUT2D eigenvalue weighted by Crippen LogP contribution is -2.50. The topological polar surface area (TPSA) is 98.7 Å². The van der Waals surface area contributed by atoms with E-state index < -0.39 is 36.5 Å². The van der Waals surface area contributed by atoms with Crippen molar-refractivity contribution in [3.8, 4) is 0 Å². The fraction of sp³-hybridized carbons (Fsp3) is 0.276. The first-order chi connectivity index (χ1) is 17.3. The molecule has 1 aliphatic heterocycles. The van der Waals surface area contributed by atoms with Crippen molar-refractivity contribution in [2.75, 3.05) is 11.9 Å². The van der Waals surface area contributed by atoms with Crippen LogP contribution in [0, 0.1) is 13.8 Å². The van der Waals surface area contributed by atoms with Gasteiger partial charge in [0.15, 0.2) is 0 Å². The van der Waals surface area contributed by atoms with Crippen LogP contribution in [0.3, 0.4) is 0 Å². The van der Waals surface area contributed by atoms with Crippen LogP contribution < -0.4 is 10.6 Å². The third-order valence-electron chi connectivity index (χ3n) is 6.68. The van der Waals surface area contributed by atoms with Gasteiger partial charge in [0.2, 0.25) is 5.91 Å². The number of hydrogen-bond donors (Lipinski definition) is 3. The lowest BCUT2D eigenvalue weighted by atomic mass is 9.84. The number of aryl methyl sites for hydroxylation is 2. The molecule has 3 atom stereocenters. The van der Waals surface area contributed by atoms with E-state index in [2.05, 4.69) is 10.6 Å². The Bertz CT molecular complexity index is 1240. The Kier molecular flexibility index (Phi) is 7.68. The van der Waals surface area contributed by atoms with Crippen molar-refractivity contribution in [1.82, 2.24) is 10.2 Å². The first-order valence-electron chi connectivity index (χ1n) is 12.1. The van der Waals surface area contributed by atoms with E-state index >= 15 is 0 Å². The van der Waals surface area contributed by atoms with Gasteiger partial charge in [-0.2, -0.15) is 0 Å². The highest BCUT2D eigenvalue weighted by atomic mass is 16.4. The molecule has 1 aliphatic rings. The molecule has 0 radical (unpaired) electrons. The number of hydrogen-bond acceptors (Lipinski definition) is 3. The second-order valence-electron chi connectivity index (χ2n) is 9.33. The Morgan fingerprint density at radius 3 is 2.36 bits per heavy atom. The zero-order valence-corrected chi connectivity index (χ0v) is 20.5. The maximum atomic E-state index is 13.8. The summed E-state index contributed by atoms with van der Waals surface area (Å²) in [6.45, 7) is 3.51.